The summed E-state index contributed by atoms with van der Waals surface area (Å²) in [7, 11) is 0. The van der Waals surface area contributed by atoms with Crippen molar-refractivity contribution in [3.8, 4) is 5.75 Å². The summed E-state index contributed by atoms with van der Waals surface area (Å²) >= 11 is 3.50. The first kappa shape index (κ1) is 19.0. The van der Waals surface area contributed by atoms with Gasteiger partial charge in [0.1, 0.15) is 12.4 Å². The molecule has 0 saturated carbocycles. The van der Waals surface area contributed by atoms with Crippen LogP contribution in [0.2, 0.25) is 0 Å². The fraction of sp³-hybridized carbons (Fsp3) is 0.0435. The topological polar surface area (TPSA) is 66.5 Å². The molecule has 0 bridgehead atoms. The first-order chi connectivity index (χ1) is 14.2. The van der Waals surface area contributed by atoms with Crippen LogP contribution in [0.1, 0.15) is 21.5 Å². The normalized spacial score (nSPS) is 11.1. The average molecular weight is 448 g/mol. The Labute approximate surface area is 176 Å². The van der Waals surface area contributed by atoms with Gasteiger partial charge >= 0.3 is 0 Å². The Morgan fingerprint density at radius 2 is 1.79 bits per heavy atom. The number of amides is 1. The zero-order valence-electron chi connectivity index (χ0n) is 15.4. The third-order valence-electron chi connectivity index (χ3n) is 4.46. The maximum atomic E-state index is 12.3. The van der Waals surface area contributed by atoms with Crippen molar-refractivity contribution in [1.29, 1.82) is 0 Å². The van der Waals surface area contributed by atoms with E-state index in [-0.39, 0.29) is 5.91 Å². The minimum Gasteiger partial charge on any atom is -0.489 e. The van der Waals surface area contributed by atoms with Gasteiger partial charge in [-0.2, -0.15) is 5.10 Å². The number of benzene rings is 3. The highest BCUT2D eigenvalue weighted by Crippen LogP contribution is 2.19. The molecule has 1 aromatic heterocycles. The van der Waals surface area contributed by atoms with E-state index in [1.807, 2.05) is 54.7 Å². The van der Waals surface area contributed by atoms with Crippen LogP contribution < -0.4 is 10.2 Å². The van der Waals surface area contributed by atoms with E-state index >= 15 is 0 Å². The molecular formula is C23H18BrN3O2. The number of aromatic nitrogens is 1. The van der Waals surface area contributed by atoms with E-state index in [0.717, 1.165) is 26.5 Å². The Morgan fingerprint density at radius 3 is 2.62 bits per heavy atom. The average Bonchev–Trinajstić information content (AvgIpc) is 3.17. The van der Waals surface area contributed by atoms with Gasteiger partial charge in [0.2, 0.25) is 0 Å². The lowest BCUT2D eigenvalue weighted by molar-refractivity contribution is 0.0955. The fourth-order valence-electron chi connectivity index (χ4n) is 2.90. The SMILES string of the molecule is O=C(NN=Cc1c[nH]c2ccccc12)c1ccc(OCc2ccccc2Br)cc1. The molecule has 144 valence electrons. The van der Waals surface area contributed by atoms with Gasteiger partial charge in [-0.05, 0) is 36.4 Å². The van der Waals surface area contributed by atoms with Crippen molar-refractivity contribution in [1.82, 2.24) is 10.4 Å². The number of para-hydroxylation sites is 1. The molecule has 3 aromatic carbocycles. The summed E-state index contributed by atoms with van der Waals surface area (Å²) in [6.07, 6.45) is 3.49. The van der Waals surface area contributed by atoms with Gasteiger partial charge in [0.15, 0.2) is 0 Å². The molecule has 6 heteroatoms. The van der Waals surface area contributed by atoms with E-state index in [1.165, 1.54) is 0 Å². The number of nitrogens with zero attached hydrogens (tertiary/aromatic N) is 1. The first-order valence-electron chi connectivity index (χ1n) is 9.06. The zero-order chi connectivity index (χ0) is 20.1. The predicted octanol–water partition coefficient (Wildman–Crippen LogP) is 5.27. The molecule has 0 unspecified atom stereocenters. The Bertz CT molecular complexity index is 1170. The standard InChI is InChI=1S/C23H18BrN3O2/c24-21-7-3-1-5-17(21)15-29-19-11-9-16(10-12-19)23(28)27-26-14-18-13-25-22-8-4-2-6-20(18)22/h1-14,25H,15H2,(H,27,28). The predicted molar refractivity (Wildman–Crippen MR) is 118 cm³/mol. The summed E-state index contributed by atoms with van der Waals surface area (Å²) in [6.45, 7) is 0.446. The van der Waals surface area contributed by atoms with Crippen LogP contribution in [0.15, 0.2) is 88.6 Å². The molecule has 0 spiro atoms. The molecular weight excluding hydrogens is 430 g/mol. The van der Waals surface area contributed by atoms with E-state index in [4.69, 9.17) is 4.74 Å². The smallest absolute Gasteiger partial charge is 0.271 e. The van der Waals surface area contributed by atoms with Crippen molar-refractivity contribution in [2.24, 2.45) is 5.10 Å². The van der Waals surface area contributed by atoms with Crippen molar-refractivity contribution in [2.75, 3.05) is 0 Å². The molecule has 0 aliphatic carbocycles. The monoisotopic (exact) mass is 447 g/mol. The number of aromatic amines is 1. The summed E-state index contributed by atoms with van der Waals surface area (Å²) in [5.74, 6) is 0.415. The van der Waals surface area contributed by atoms with Gasteiger partial charge < -0.3 is 9.72 Å². The number of fused-ring (bicyclic) bond motifs is 1. The third-order valence-corrected chi connectivity index (χ3v) is 5.23. The van der Waals surface area contributed by atoms with Crippen LogP contribution >= 0.6 is 15.9 Å². The summed E-state index contributed by atoms with van der Waals surface area (Å²) in [4.78, 5) is 15.5. The second-order valence-corrected chi connectivity index (χ2v) is 7.25. The summed E-state index contributed by atoms with van der Waals surface area (Å²) in [5, 5.41) is 5.12. The molecule has 0 fully saturated rings. The van der Waals surface area contributed by atoms with Crippen LogP contribution in [0.3, 0.4) is 0 Å². The molecule has 4 aromatic rings. The Kier molecular flexibility index (Phi) is 5.72. The molecule has 1 heterocycles. The van der Waals surface area contributed by atoms with Crippen LogP contribution in [0, 0.1) is 0 Å². The van der Waals surface area contributed by atoms with Crippen molar-refractivity contribution in [2.45, 2.75) is 6.61 Å². The second kappa shape index (κ2) is 8.75. The van der Waals surface area contributed by atoms with Gasteiger partial charge in [0.05, 0.1) is 6.21 Å². The molecule has 0 atom stereocenters. The van der Waals surface area contributed by atoms with Crippen LogP contribution in [-0.4, -0.2) is 17.1 Å². The number of nitrogens with one attached hydrogen (secondary N) is 2. The minimum absolute atomic E-state index is 0.279. The van der Waals surface area contributed by atoms with E-state index in [9.17, 15) is 4.79 Å². The number of hydrazone groups is 1. The first-order valence-corrected chi connectivity index (χ1v) is 9.86. The van der Waals surface area contributed by atoms with Crippen LogP contribution in [0.25, 0.3) is 10.9 Å². The fourth-order valence-corrected chi connectivity index (χ4v) is 3.30. The summed E-state index contributed by atoms with van der Waals surface area (Å²) < 4.78 is 6.79. The van der Waals surface area contributed by atoms with Gasteiger partial charge in [-0.3, -0.25) is 4.79 Å². The number of rotatable bonds is 6. The number of carbonyl (C=O) groups is 1. The number of halogens is 1. The Balaban J connectivity index is 1.35. The molecule has 0 saturated heterocycles. The van der Waals surface area contributed by atoms with Crippen molar-refractivity contribution in [3.05, 3.63) is 100 Å². The molecule has 0 radical (unpaired) electrons. The molecule has 1 amide bonds. The molecule has 4 rings (SSSR count). The van der Waals surface area contributed by atoms with Gasteiger partial charge in [-0.15, -0.1) is 0 Å². The van der Waals surface area contributed by atoms with Gasteiger partial charge in [0.25, 0.3) is 5.91 Å². The second-order valence-electron chi connectivity index (χ2n) is 6.39. The number of hydrogen-bond acceptors (Lipinski definition) is 3. The number of hydrogen-bond donors (Lipinski definition) is 2. The molecule has 5 nitrogen and oxygen atoms in total. The Hall–Kier alpha value is -3.38. The quantitative estimate of drug-likeness (QED) is 0.312. The van der Waals surface area contributed by atoms with Crippen molar-refractivity contribution >= 4 is 39.0 Å². The van der Waals surface area contributed by atoms with E-state index in [0.29, 0.717) is 17.9 Å². The van der Waals surface area contributed by atoms with Gasteiger partial charge in [0, 0.05) is 38.3 Å². The van der Waals surface area contributed by atoms with Gasteiger partial charge in [-0.1, -0.05) is 52.3 Å². The number of carbonyl (C=O) groups excluding carboxylic acids is 1. The summed E-state index contributed by atoms with van der Waals surface area (Å²) in [5.41, 5.74) is 6.06. The highest BCUT2D eigenvalue weighted by molar-refractivity contribution is 9.10. The van der Waals surface area contributed by atoms with Gasteiger partial charge in [-0.25, -0.2) is 5.43 Å². The Morgan fingerprint density at radius 1 is 1.03 bits per heavy atom. The number of H-pyrrole nitrogens is 1. The largest absolute Gasteiger partial charge is 0.489 e. The van der Waals surface area contributed by atoms with E-state index in [1.54, 1.807) is 30.5 Å². The summed E-state index contributed by atoms with van der Waals surface area (Å²) in [6, 6.07) is 22.8. The molecule has 2 N–H and O–H groups in total. The molecule has 0 aliphatic heterocycles. The number of ether oxygens (including phenoxy) is 1. The van der Waals surface area contributed by atoms with Crippen molar-refractivity contribution in [3.63, 3.8) is 0 Å². The maximum Gasteiger partial charge on any atom is 0.271 e. The molecule has 0 aliphatic rings. The van der Waals surface area contributed by atoms with Crippen molar-refractivity contribution < 1.29 is 9.53 Å². The third kappa shape index (κ3) is 4.55. The van der Waals surface area contributed by atoms with Crippen LogP contribution in [0.5, 0.6) is 5.75 Å². The lowest BCUT2D eigenvalue weighted by atomic mass is 10.2. The lowest BCUT2D eigenvalue weighted by Crippen LogP contribution is -2.17. The van der Waals surface area contributed by atoms with Crippen LogP contribution in [0.4, 0.5) is 0 Å². The highest BCUT2D eigenvalue weighted by Gasteiger charge is 2.06. The maximum absolute atomic E-state index is 12.3. The van der Waals surface area contributed by atoms with E-state index < -0.39 is 0 Å². The van der Waals surface area contributed by atoms with Crippen LogP contribution in [-0.2, 0) is 6.61 Å². The lowest BCUT2D eigenvalue weighted by Gasteiger charge is -2.08. The zero-order valence-corrected chi connectivity index (χ0v) is 17.0. The molecule has 29 heavy (non-hydrogen) atoms. The minimum atomic E-state index is -0.279. The highest BCUT2D eigenvalue weighted by atomic mass is 79.9. The van der Waals surface area contributed by atoms with E-state index in [2.05, 4.69) is 31.4 Å².